The van der Waals surface area contributed by atoms with Crippen LogP contribution < -0.4 is 0 Å². The number of fused-ring (bicyclic) bond motifs is 1. The van der Waals surface area contributed by atoms with E-state index in [1.54, 1.807) is 0 Å². The fourth-order valence-electron chi connectivity index (χ4n) is 4.35. The number of carbonyl (C=O) groups is 1. The first-order valence-electron chi connectivity index (χ1n) is 12.4. The second kappa shape index (κ2) is 13.1. The summed E-state index contributed by atoms with van der Waals surface area (Å²) in [6.45, 7) is 6.11. The minimum absolute atomic E-state index is 0.194. The average Bonchev–Trinajstić information content (AvgIpc) is 3.15. The van der Waals surface area contributed by atoms with Crippen molar-refractivity contribution >= 4 is 40.0 Å². The maximum absolute atomic E-state index is 13.6. The normalized spacial score (nSPS) is 11.3. The Kier molecular flexibility index (Phi) is 10.1. The molecule has 33 heavy (non-hydrogen) atoms. The molecular weight excluding hydrogens is 451 g/mol. The van der Waals surface area contributed by atoms with Crippen molar-refractivity contribution in [1.29, 1.82) is 0 Å². The quantitative estimate of drug-likeness (QED) is 0.241. The van der Waals surface area contributed by atoms with Crippen molar-refractivity contribution in [3.63, 3.8) is 0 Å². The SMILES string of the molecule is CCCCCCN(CCCCCC)C(=O)Cc1c(-c2ccc(Cl)cc2)[nH]c2ccc(Cl)cc12. The van der Waals surface area contributed by atoms with E-state index in [2.05, 4.69) is 23.7 Å². The van der Waals surface area contributed by atoms with Crippen LogP contribution in [-0.2, 0) is 11.2 Å². The van der Waals surface area contributed by atoms with E-state index < -0.39 is 0 Å². The fourth-order valence-corrected chi connectivity index (χ4v) is 4.65. The lowest BCUT2D eigenvalue weighted by molar-refractivity contribution is -0.130. The van der Waals surface area contributed by atoms with Crippen molar-refractivity contribution < 1.29 is 4.79 Å². The van der Waals surface area contributed by atoms with Crippen LogP contribution >= 0.6 is 23.2 Å². The number of hydrogen-bond donors (Lipinski definition) is 1. The van der Waals surface area contributed by atoms with Crippen molar-refractivity contribution in [2.24, 2.45) is 0 Å². The minimum Gasteiger partial charge on any atom is -0.354 e. The van der Waals surface area contributed by atoms with Gasteiger partial charge in [-0.1, -0.05) is 87.7 Å². The molecule has 3 aromatic rings. The molecule has 0 saturated carbocycles. The maximum Gasteiger partial charge on any atom is 0.227 e. The highest BCUT2D eigenvalue weighted by molar-refractivity contribution is 6.31. The van der Waals surface area contributed by atoms with Gasteiger partial charge in [-0.05, 0) is 54.3 Å². The number of amides is 1. The average molecular weight is 488 g/mol. The molecule has 0 spiro atoms. The number of hydrogen-bond acceptors (Lipinski definition) is 1. The predicted octanol–water partition coefficient (Wildman–Crippen LogP) is 8.67. The summed E-state index contributed by atoms with van der Waals surface area (Å²) >= 11 is 12.5. The van der Waals surface area contributed by atoms with Gasteiger partial charge in [0.2, 0.25) is 5.91 Å². The Morgan fingerprint density at radius 3 is 2.03 bits per heavy atom. The Morgan fingerprint density at radius 1 is 0.818 bits per heavy atom. The van der Waals surface area contributed by atoms with Gasteiger partial charge in [-0.3, -0.25) is 4.79 Å². The molecule has 0 bridgehead atoms. The first kappa shape index (κ1) is 25.6. The second-order valence-corrected chi connectivity index (χ2v) is 9.73. The number of rotatable bonds is 13. The van der Waals surface area contributed by atoms with Gasteiger partial charge in [-0.2, -0.15) is 0 Å². The summed E-state index contributed by atoms with van der Waals surface area (Å²) in [5.74, 6) is 0.194. The number of aromatic amines is 1. The molecule has 0 aliphatic heterocycles. The third-order valence-corrected chi connectivity index (χ3v) is 6.73. The van der Waals surface area contributed by atoms with E-state index in [0.29, 0.717) is 16.5 Å². The molecule has 0 fully saturated rings. The Morgan fingerprint density at radius 2 is 1.42 bits per heavy atom. The lowest BCUT2D eigenvalue weighted by Gasteiger charge is -2.23. The maximum atomic E-state index is 13.6. The molecule has 3 nitrogen and oxygen atoms in total. The zero-order valence-corrected chi connectivity index (χ0v) is 21.4. The van der Waals surface area contributed by atoms with Gasteiger partial charge in [-0.25, -0.2) is 0 Å². The molecule has 178 valence electrons. The molecule has 0 aliphatic rings. The number of aromatic nitrogens is 1. The molecule has 0 saturated heterocycles. The van der Waals surface area contributed by atoms with E-state index >= 15 is 0 Å². The van der Waals surface area contributed by atoms with Crippen molar-refractivity contribution in [3.8, 4) is 11.3 Å². The molecule has 1 amide bonds. The smallest absolute Gasteiger partial charge is 0.227 e. The molecule has 1 aromatic heterocycles. The summed E-state index contributed by atoms with van der Waals surface area (Å²) in [6, 6.07) is 13.6. The van der Waals surface area contributed by atoms with E-state index in [1.165, 1.54) is 38.5 Å². The largest absolute Gasteiger partial charge is 0.354 e. The lowest BCUT2D eigenvalue weighted by Crippen LogP contribution is -2.34. The highest BCUT2D eigenvalue weighted by atomic mass is 35.5. The van der Waals surface area contributed by atoms with Crippen LogP contribution in [0, 0.1) is 0 Å². The van der Waals surface area contributed by atoms with Crippen LogP contribution in [0.1, 0.15) is 70.8 Å². The van der Waals surface area contributed by atoms with Gasteiger partial charge < -0.3 is 9.88 Å². The van der Waals surface area contributed by atoms with Crippen LogP contribution in [0.5, 0.6) is 0 Å². The number of nitrogens with zero attached hydrogens (tertiary/aromatic N) is 1. The third kappa shape index (κ3) is 7.25. The third-order valence-electron chi connectivity index (χ3n) is 6.24. The molecule has 0 unspecified atom stereocenters. The minimum atomic E-state index is 0.194. The Hall–Kier alpha value is -1.97. The molecule has 0 radical (unpaired) electrons. The van der Waals surface area contributed by atoms with E-state index in [0.717, 1.165) is 53.7 Å². The van der Waals surface area contributed by atoms with E-state index in [-0.39, 0.29) is 5.91 Å². The fraction of sp³-hybridized carbons (Fsp3) is 0.464. The highest BCUT2D eigenvalue weighted by Crippen LogP contribution is 2.33. The van der Waals surface area contributed by atoms with Gasteiger partial charge >= 0.3 is 0 Å². The predicted molar refractivity (Wildman–Crippen MR) is 142 cm³/mol. The second-order valence-electron chi connectivity index (χ2n) is 8.85. The first-order valence-corrected chi connectivity index (χ1v) is 13.1. The number of benzene rings is 2. The van der Waals surface area contributed by atoms with Gasteiger partial charge in [-0.15, -0.1) is 0 Å². The Bertz CT molecular complexity index is 1010. The van der Waals surface area contributed by atoms with Gasteiger partial charge in [0.25, 0.3) is 0 Å². The molecular formula is C28H36Cl2N2O. The number of unbranched alkanes of at least 4 members (excludes halogenated alkanes) is 6. The Labute approximate surface area is 208 Å². The summed E-state index contributed by atoms with van der Waals surface area (Å²) in [5, 5.41) is 2.38. The van der Waals surface area contributed by atoms with Gasteiger partial charge in [0.15, 0.2) is 0 Å². The summed E-state index contributed by atoms with van der Waals surface area (Å²) < 4.78 is 0. The standard InChI is InChI=1S/C28H36Cl2N2O/c1-3-5-7-9-17-32(18-10-8-6-4-2)27(33)20-25-24-19-23(30)15-16-26(24)31-28(25)21-11-13-22(29)14-12-21/h11-16,19,31H,3-10,17-18,20H2,1-2H3. The van der Waals surface area contributed by atoms with Crippen LogP contribution in [0.4, 0.5) is 0 Å². The highest BCUT2D eigenvalue weighted by Gasteiger charge is 2.20. The van der Waals surface area contributed by atoms with Crippen molar-refractivity contribution in [1.82, 2.24) is 9.88 Å². The van der Waals surface area contributed by atoms with Crippen LogP contribution in [0.25, 0.3) is 22.2 Å². The summed E-state index contributed by atoms with van der Waals surface area (Å²) in [5.41, 5.74) is 3.98. The van der Waals surface area contributed by atoms with Crippen molar-refractivity contribution in [3.05, 3.63) is 58.1 Å². The Balaban J connectivity index is 1.87. The van der Waals surface area contributed by atoms with E-state index in [9.17, 15) is 4.79 Å². The van der Waals surface area contributed by atoms with Crippen molar-refractivity contribution in [2.45, 2.75) is 71.6 Å². The number of nitrogens with one attached hydrogen (secondary N) is 1. The van der Waals surface area contributed by atoms with E-state index in [1.807, 2.05) is 42.5 Å². The molecule has 0 atom stereocenters. The summed E-state index contributed by atoms with van der Waals surface area (Å²) in [4.78, 5) is 19.2. The monoisotopic (exact) mass is 486 g/mol. The molecule has 3 rings (SSSR count). The van der Waals surface area contributed by atoms with Gasteiger partial charge in [0.1, 0.15) is 0 Å². The molecule has 1 N–H and O–H groups in total. The van der Waals surface area contributed by atoms with Crippen LogP contribution in [0.2, 0.25) is 10.0 Å². The topological polar surface area (TPSA) is 36.1 Å². The van der Waals surface area contributed by atoms with E-state index in [4.69, 9.17) is 23.2 Å². The zero-order chi connectivity index (χ0) is 23.6. The van der Waals surface area contributed by atoms with Crippen molar-refractivity contribution in [2.75, 3.05) is 13.1 Å². The molecule has 1 heterocycles. The molecule has 2 aromatic carbocycles. The summed E-state index contributed by atoms with van der Waals surface area (Å²) in [7, 11) is 0. The van der Waals surface area contributed by atoms with Crippen LogP contribution in [0.3, 0.4) is 0 Å². The van der Waals surface area contributed by atoms with Crippen LogP contribution in [-0.4, -0.2) is 28.9 Å². The van der Waals surface area contributed by atoms with Gasteiger partial charge in [0.05, 0.1) is 12.1 Å². The zero-order valence-electron chi connectivity index (χ0n) is 19.9. The van der Waals surface area contributed by atoms with Gasteiger partial charge in [0, 0.05) is 34.0 Å². The number of halogens is 2. The lowest BCUT2D eigenvalue weighted by atomic mass is 10.0. The van der Waals surface area contributed by atoms with Crippen LogP contribution in [0.15, 0.2) is 42.5 Å². The summed E-state index contributed by atoms with van der Waals surface area (Å²) in [6.07, 6.45) is 9.69. The molecule has 5 heteroatoms. The molecule has 0 aliphatic carbocycles. The number of H-pyrrole nitrogens is 1. The number of carbonyl (C=O) groups excluding carboxylic acids is 1. The first-order chi connectivity index (χ1) is 16.0.